The van der Waals surface area contributed by atoms with E-state index in [1.165, 1.54) is 0 Å². The van der Waals surface area contributed by atoms with Gasteiger partial charge in [-0.1, -0.05) is 28.8 Å². The molecular formula is C14H18BrNO2. The Balaban J connectivity index is 1.98. The number of rotatable bonds is 3. The smallest absolute Gasteiger partial charge is 0.227 e. The highest BCUT2D eigenvalue weighted by Gasteiger charge is 2.33. The molecule has 98 valence electrons. The quantitative estimate of drug-likeness (QED) is 0.899. The van der Waals surface area contributed by atoms with Gasteiger partial charge in [0, 0.05) is 10.2 Å². The number of halogens is 1. The fraction of sp³-hybridized carbons (Fsp3) is 0.500. The summed E-state index contributed by atoms with van der Waals surface area (Å²) in [6.45, 7) is 1.95. The monoisotopic (exact) mass is 311 g/mol. The average Bonchev–Trinajstić information content (AvgIpc) is 2.69. The molecule has 0 radical (unpaired) electrons. The standard InChI is InChI=1S/C14H18BrNO2/c1-10-8-11(15)4-5-12(10)16-13(17)9-14(18)6-2-3-7-14/h4-5,8,18H,2-3,6-7,9H2,1H3,(H,16,17). The van der Waals surface area contributed by atoms with Gasteiger partial charge in [-0.3, -0.25) is 4.79 Å². The minimum absolute atomic E-state index is 0.107. The number of anilines is 1. The van der Waals surface area contributed by atoms with Crippen molar-refractivity contribution in [3.63, 3.8) is 0 Å². The highest BCUT2D eigenvalue weighted by atomic mass is 79.9. The number of hydrogen-bond acceptors (Lipinski definition) is 2. The van der Waals surface area contributed by atoms with Crippen LogP contribution < -0.4 is 5.32 Å². The van der Waals surface area contributed by atoms with Crippen LogP contribution in [0, 0.1) is 6.92 Å². The Morgan fingerprint density at radius 3 is 2.72 bits per heavy atom. The molecule has 0 aromatic heterocycles. The van der Waals surface area contributed by atoms with E-state index in [0.717, 1.165) is 41.4 Å². The number of nitrogens with one attached hydrogen (secondary N) is 1. The molecule has 3 nitrogen and oxygen atoms in total. The molecule has 1 aromatic carbocycles. The van der Waals surface area contributed by atoms with E-state index in [0.29, 0.717) is 0 Å². The lowest BCUT2D eigenvalue weighted by Crippen LogP contribution is -2.30. The summed E-state index contributed by atoms with van der Waals surface area (Å²) < 4.78 is 0.993. The van der Waals surface area contributed by atoms with E-state index in [1.807, 2.05) is 25.1 Å². The van der Waals surface area contributed by atoms with Crippen LogP contribution >= 0.6 is 15.9 Å². The molecule has 4 heteroatoms. The minimum atomic E-state index is -0.784. The van der Waals surface area contributed by atoms with E-state index in [9.17, 15) is 9.90 Å². The van der Waals surface area contributed by atoms with Crippen molar-refractivity contribution in [1.82, 2.24) is 0 Å². The molecule has 1 aromatic rings. The fourth-order valence-electron chi connectivity index (χ4n) is 2.47. The third-order valence-electron chi connectivity index (χ3n) is 3.49. The maximum Gasteiger partial charge on any atom is 0.227 e. The lowest BCUT2D eigenvalue weighted by molar-refractivity contribution is -0.120. The lowest BCUT2D eigenvalue weighted by atomic mass is 9.97. The zero-order valence-corrected chi connectivity index (χ0v) is 12.1. The van der Waals surface area contributed by atoms with Gasteiger partial charge in [0.05, 0.1) is 12.0 Å². The van der Waals surface area contributed by atoms with Crippen molar-refractivity contribution >= 4 is 27.5 Å². The highest BCUT2D eigenvalue weighted by molar-refractivity contribution is 9.10. The Hall–Kier alpha value is -0.870. The second kappa shape index (κ2) is 5.41. The van der Waals surface area contributed by atoms with Crippen molar-refractivity contribution in [2.75, 3.05) is 5.32 Å². The summed E-state index contributed by atoms with van der Waals surface area (Å²) in [6.07, 6.45) is 3.70. The first-order chi connectivity index (χ1) is 8.48. The van der Waals surface area contributed by atoms with Gasteiger partial charge in [0.1, 0.15) is 0 Å². The summed E-state index contributed by atoms with van der Waals surface area (Å²) in [5.74, 6) is -0.107. The van der Waals surface area contributed by atoms with Crippen LogP contribution in [-0.2, 0) is 4.79 Å². The third-order valence-corrected chi connectivity index (χ3v) is 3.98. The normalized spacial score (nSPS) is 17.7. The van der Waals surface area contributed by atoms with E-state index in [2.05, 4.69) is 21.2 Å². The summed E-state index contributed by atoms with van der Waals surface area (Å²) in [5, 5.41) is 13.1. The number of hydrogen-bond donors (Lipinski definition) is 2. The number of aryl methyl sites for hydroxylation is 1. The van der Waals surface area contributed by atoms with Gasteiger partial charge in [0.2, 0.25) is 5.91 Å². The third kappa shape index (κ3) is 3.33. The Bertz CT molecular complexity index is 453. The molecule has 1 saturated carbocycles. The highest BCUT2D eigenvalue weighted by Crippen LogP contribution is 2.32. The molecule has 1 fully saturated rings. The van der Waals surface area contributed by atoms with Gasteiger partial charge in [0.25, 0.3) is 0 Å². The number of amides is 1. The molecule has 18 heavy (non-hydrogen) atoms. The molecule has 1 aliphatic rings. The summed E-state index contributed by atoms with van der Waals surface area (Å²) in [4.78, 5) is 11.9. The lowest BCUT2D eigenvalue weighted by Gasteiger charge is -2.21. The van der Waals surface area contributed by atoms with Gasteiger partial charge < -0.3 is 10.4 Å². The summed E-state index contributed by atoms with van der Waals surface area (Å²) in [7, 11) is 0. The van der Waals surface area contributed by atoms with Gasteiger partial charge >= 0.3 is 0 Å². The van der Waals surface area contributed by atoms with Crippen molar-refractivity contribution in [3.8, 4) is 0 Å². The summed E-state index contributed by atoms with van der Waals surface area (Å²) >= 11 is 3.39. The topological polar surface area (TPSA) is 49.3 Å². The average molecular weight is 312 g/mol. The predicted molar refractivity (Wildman–Crippen MR) is 75.5 cm³/mol. The van der Waals surface area contributed by atoms with E-state index >= 15 is 0 Å². The zero-order chi connectivity index (χ0) is 13.2. The van der Waals surface area contributed by atoms with E-state index in [-0.39, 0.29) is 12.3 Å². The van der Waals surface area contributed by atoms with Crippen LogP contribution in [0.3, 0.4) is 0 Å². The molecule has 0 spiro atoms. The molecule has 1 amide bonds. The number of benzene rings is 1. The molecule has 2 N–H and O–H groups in total. The van der Waals surface area contributed by atoms with Crippen molar-refractivity contribution in [1.29, 1.82) is 0 Å². The number of carbonyl (C=O) groups excluding carboxylic acids is 1. The van der Waals surface area contributed by atoms with Crippen LogP contribution in [0.1, 0.15) is 37.7 Å². The van der Waals surface area contributed by atoms with Crippen molar-refractivity contribution < 1.29 is 9.90 Å². The molecular weight excluding hydrogens is 294 g/mol. The van der Waals surface area contributed by atoms with Crippen LogP contribution in [-0.4, -0.2) is 16.6 Å². The first-order valence-electron chi connectivity index (χ1n) is 6.27. The van der Waals surface area contributed by atoms with Crippen LogP contribution in [0.4, 0.5) is 5.69 Å². The maximum atomic E-state index is 11.9. The van der Waals surface area contributed by atoms with Crippen molar-refractivity contribution in [2.45, 2.75) is 44.6 Å². The molecule has 0 unspecified atom stereocenters. The Morgan fingerprint density at radius 1 is 1.44 bits per heavy atom. The molecule has 0 saturated heterocycles. The van der Waals surface area contributed by atoms with Crippen molar-refractivity contribution in [2.24, 2.45) is 0 Å². The van der Waals surface area contributed by atoms with Crippen molar-refractivity contribution in [3.05, 3.63) is 28.2 Å². The largest absolute Gasteiger partial charge is 0.389 e. The fourth-order valence-corrected chi connectivity index (χ4v) is 2.95. The Labute approximate surface area is 116 Å². The van der Waals surface area contributed by atoms with Crippen LogP contribution in [0.5, 0.6) is 0 Å². The molecule has 0 bridgehead atoms. The Kier molecular flexibility index (Phi) is 4.07. The molecule has 0 aliphatic heterocycles. The van der Waals surface area contributed by atoms with Crippen LogP contribution in [0.2, 0.25) is 0 Å². The predicted octanol–water partition coefficient (Wildman–Crippen LogP) is 3.39. The molecule has 0 heterocycles. The second-order valence-corrected chi connectivity index (χ2v) is 6.03. The van der Waals surface area contributed by atoms with Gasteiger partial charge in [-0.15, -0.1) is 0 Å². The van der Waals surface area contributed by atoms with Gasteiger partial charge in [-0.05, 0) is 43.5 Å². The zero-order valence-electron chi connectivity index (χ0n) is 10.5. The van der Waals surface area contributed by atoms with Gasteiger partial charge in [-0.2, -0.15) is 0 Å². The van der Waals surface area contributed by atoms with E-state index in [1.54, 1.807) is 0 Å². The first-order valence-corrected chi connectivity index (χ1v) is 7.06. The van der Waals surface area contributed by atoms with E-state index < -0.39 is 5.60 Å². The maximum absolute atomic E-state index is 11.9. The minimum Gasteiger partial charge on any atom is -0.389 e. The number of aliphatic hydroxyl groups is 1. The molecule has 1 aliphatic carbocycles. The molecule has 0 atom stereocenters. The second-order valence-electron chi connectivity index (χ2n) is 5.12. The summed E-state index contributed by atoms with van der Waals surface area (Å²) in [5.41, 5.74) is 1.04. The first kappa shape index (κ1) is 13.6. The van der Waals surface area contributed by atoms with Gasteiger partial charge in [0.15, 0.2) is 0 Å². The molecule has 2 rings (SSSR count). The Morgan fingerprint density at radius 2 is 2.11 bits per heavy atom. The van der Waals surface area contributed by atoms with Crippen LogP contribution in [0.15, 0.2) is 22.7 Å². The van der Waals surface area contributed by atoms with E-state index in [4.69, 9.17) is 0 Å². The van der Waals surface area contributed by atoms with Crippen LogP contribution in [0.25, 0.3) is 0 Å². The van der Waals surface area contributed by atoms with Gasteiger partial charge in [-0.25, -0.2) is 0 Å². The SMILES string of the molecule is Cc1cc(Br)ccc1NC(=O)CC1(O)CCCC1. The number of carbonyl (C=O) groups is 1. The summed E-state index contributed by atoms with van der Waals surface area (Å²) in [6, 6.07) is 5.73.